The molecule has 0 atom stereocenters. The number of ether oxygens (including phenoxy) is 1. The number of hydrogen-bond donors (Lipinski definition) is 1. The Morgan fingerprint density at radius 1 is 1.33 bits per heavy atom. The molecule has 0 aromatic rings. The molecule has 0 heterocycles. The van der Waals surface area contributed by atoms with Crippen LogP contribution >= 0.6 is 0 Å². The standard InChI is InChI=1S/C6H11NO3.C2H6/c1-3-10-6(9)4-7-5(2)8;1-2/h3-4H2,1-2H3,(H,7,8);1-2H3. The van der Waals surface area contributed by atoms with Gasteiger partial charge in [0.1, 0.15) is 6.54 Å². The summed E-state index contributed by atoms with van der Waals surface area (Å²) in [5.41, 5.74) is 0. The average Bonchev–Trinajstić information content (AvgIpc) is 2.05. The van der Waals surface area contributed by atoms with Gasteiger partial charge in [0.05, 0.1) is 6.61 Å². The summed E-state index contributed by atoms with van der Waals surface area (Å²) in [7, 11) is 0. The van der Waals surface area contributed by atoms with E-state index in [-0.39, 0.29) is 12.5 Å². The molecule has 72 valence electrons. The van der Waals surface area contributed by atoms with Crippen molar-refractivity contribution in [2.75, 3.05) is 13.2 Å². The maximum Gasteiger partial charge on any atom is 0.325 e. The lowest BCUT2D eigenvalue weighted by molar-refractivity contribution is -0.143. The molecule has 0 fully saturated rings. The largest absolute Gasteiger partial charge is 0.465 e. The van der Waals surface area contributed by atoms with E-state index in [0.717, 1.165) is 0 Å². The Kier molecular flexibility index (Phi) is 11.2. The van der Waals surface area contributed by atoms with Crippen LogP contribution in [0.25, 0.3) is 0 Å². The lowest BCUT2D eigenvalue weighted by Gasteiger charge is -2.00. The van der Waals surface area contributed by atoms with Crippen molar-refractivity contribution in [1.29, 1.82) is 0 Å². The van der Waals surface area contributed by atoms with Crippen LogP contribution in [-0.4, -0.2) is 25.0 Å². The number of rotatable bonds is 3. The summed E-state index contributed by atoms with van der Waals surface area (Å²) in [5.74, 6) is -0.634. The molecule has 1 amide bonds. The van der Waals surface area contributed by atoms with Crippen LogP contribution in [-0.2, 0) is 14.3 Å². The minimum atomic E-state index is -0.405. The van der Waals surface area contributed by atoms with Gasteiger partial charge < -0.3 is 10.1 Å². The van der Waals surface area contributed by atoms with Gasteiger partial charge in [-0.25, -0.2) is 0 Å². The van der Waals surface area contributed by atoms with E-state index >= 15 is 0 Å². The number of amides is 1. The van der Waals surface area contributed by atoms with Gasteiger partial charge in [0, 0.05) is 6.92 Å². The third-order valence-electron chi connectivity index (χ3n) is 0.787. The summed E-state index contributed by atoms with van der Waals surface area (Å²) in [6, 6.07) is 0. The van der Waals surface area contributed by atoms with Crippen LogP contribution < -0.4 is 5.32 Å². The van der Waals surface area contributed by atoms with Crippen LogP contribution in [0, 0.1) is 0 Å². The summed E-state index contributed by atoms with van der Waals surface area (Å²) in [6.07, 6.45) is 0. The van der Waals surface area contributed by atoms with Crippen molar-refractivity contribution in [2.45, 2.75) is 27.7 Å². The monoisotopic (exact) mass is 175 g/mol. The molecule has 0 rings (SSSR count). The third kappa shape index (κ3) is 11.7. The number of hydrogen-bond acceptors (Lipinski definition) is 3. The van der Waals surface area contributed by atoms with Crippen molar-refractivity contribution in [3.63, 3.8) is 0 Å². The van der Waals surface area contributed by atoms with Gasteiger partial charge in [-0.15, -0.1) is 0 Å². The molecule has 0 unspecified atom stereocenters. The molecule has 0 spiro atoms. The van der Waals surface area contributed by atoms with Crippen LogP contribution in [0.5, 0.6) is 0 Å². The number of nitrogens with one attached hydrogen (secondary N) is 1. The average molecular weight is 175 g/mol. The van der Waals surface area contributed by atoms with Gasteiger partial charge in [0.2, 0.25) is 5.91 Å². The summed E-state index contributed by atoms with van der Waals surface area (Å²) in [5, 5.41) is 2.32. The Hall–Kier alpha value is -1.06. The van der Waals surface area contributed by atoms with Crippen molar-refractivity contribution in [2.24, 2.45) is 0 Å². The second kappa shape index (κ2) is 9.94. The molecule has 0 aromatic heterocycles. The second-order valence-electron chi connectivity index (χ2n) is 1.71. The van der Waals surface area contributed by atoms with Crippen LogP contribution in [0.1, 0.15) is 27.7 Å². The lowest BCUT2D eigenvalue weighted by Crippen LogP contribution is -2.28. The molecule has 0 aliphatic carbocycles. The van der Waals surface area contributed by atoms with Gasteiger partial charge in [0.25, 0.3) is 0 Å². The predicted octanol–water partition coefficient (Wildman–Crippen LogP) is 0.712. The Morgan fingerprint density at radius 2 is 1.83 bits per heavy atom. The van der Waals surface area contributed by atoms with Gasteiger partial charge >= 0.3 is 5.97 Å². The first-order valence-corrected chi connectivity index (χ1v) is 4.07. The topological polar surface area (TPSA) is 55.4 Å². The van der Waals surface area contributed by atoms with E-state index in [1.807, 2.05) is 13.8 Å². The van der Waals surface area contributed by atoms with Crippen LogP contribution in [0.2, 0.25) is 0 Å². The summed E-state index contributed by atoms with van der Waals surface area (Å²) in [4.78, 5) is 20.7. The maximum atomic E-state index is 10.5. The van der Waals surface area contributed by atoms with E-state index in [1.165, 1.54) is 6.92 Å². The van der Waals surface area contributed by atoms with Crippen LogP contribution in [0.3, 0.4) is 0 Å². The van der Waals surface area contributed by atoms with Crippen LogP contribution in [0.4, 0.5) is 0 Å². The third-order valence-corrected chi connectivity index (χ3v) is 0.787. The van der Waals surface area contributed by atoms with Crippen LogP contribution in [0.15, 0.2) is 0 Å². The maximum absolute atomic E-state index is 10.5. The molecule has 0 aliphatic rings. The highest BCUT2D eigenvalue weighted by Crippen LogP contribution is 1.74. The second-order valence-corrected chi connectivity index (χ2v) is 1.71. The van der Waals surface area contributed by atoms with Crippen molar-refractivity contribution < 1.29 is 14.3 Å². The molecular weight excluding hydrogens is 158 g/mol. The van der Waals surface area contributed by atoms with Crippen molar-refractivity contribution in [3.05, 3.63) is 0 Å². The Morgan fingerprint density at radius 3 is 2.17 bits per heavy atom. The van der Waals surface area contributed by atoms with Gasteiger partial charge in [-0.3, -0.25) is 9.59 Å². The normalized spacial score (nSPS) is 7.67. The molecule has 4 nitrogen and oxygen atoms in total. The molecular formula is C8H17NO3. The van der Waals surface area contributed by atoms with Gasteiger partial charge in [-0.2, -0.15) is 0 Å². The Bertz CT molecular complexity index is 134. The van der Waals surface area contributed by atoms with Gasteiger partial charge in [-0.05, 0) is 6.92 Å². The molecule has 0 aliphatic heterocycles. The molecule has 12 heavy (non-hydrogen) atoms. The highest BCUT2D eigenvalue weighted by Gasteiger charge is 2.00. The van der Waals surface area contributed by atoms with Crippen molar-refractivity contribution in [3.8, 4) is 0 Å². The number of carbonyl (C=O) groups is 2. The fourth-order valence-electron chi connectivity index (χ4n) is 0.409. The first kappa shape index (κ1) is 13.5. The van der Waals surface area contributed by atoms with E-state index in [0.29, 0.717) is 6.61 Å². The van der Waals surface area contributed by atoms with Gasteiger partial charge in [0.15, 0.2) is 0 Å². The molecule has 0 aromatic carbocycles. The minimum Gasteiger partial charge on any atom is -0.465 e. The van der Waals surface area contributed by atoms with E-state index in [1.54, 1.807) is 6.92 Å². The fourth-order valence-corrected chi connectivity index (χ4v) is 0.409. The van der Waals surface area contributed by atoms with E-state index in [4.69, 9.17) is 0 Å². The van der Waals surface area contributed by atoms with E-state index < -0.39 is 5.97 Å². The first-order chi connectivity index (χ1) is 5.66. The Labute approximate surface area is 73.3 Å². The SMILES string of the molecule is CC.CCOC(=O)CNC(C)=O. The van der Waals surface area contributed by atoms with Crippen molar-refractivity contribution in [1.82, 2.24) is 5.32 Å². The fraction of sp³-hybridized carbons (Fsp3) is 0.750. The number of carbonyl (C=O) groups excluding carboxylic acids is 2. The van der Waals surface area contributed by atoms with Gasteiger partial charge in [-0.1, -0.05) is 13.8 Å². The smallest absolute Gasteiger partial charge is 0.325 e. The molecule has 4 heteroatoms. The predicted molar refractivity (Wildman–Crippen MR) is 46.7 cm³/mol. The molecule has 0 saturated carbocycles. The summed E-state index contributed by atoms with van der Waals surface area (Å²) >= 11 is 0. The van der Waals surface area contributed by atoms with E-state index in [2.05, 4.69) is 10.1 Å². The summed E-state index contributed by atoms with van der Waals surface area (Å²) < 4.78 is 4.54. The quantitative estimate of drug-likeness (QED) is 0.643. The zero-order chi connectivity index (χ0) is 9.98. The highest BCUT2D eigenvalue weighted by molar-refractivity contribution is 5.80. The zero-order valence-corrected chi connectivity index (χ0v) is 8.14. The zero-order valence-electron chi connectivity index (χ0n) is 8.14. The molecule has 0 saturated heterocycles. The molecule has 0 bridgehead atoms. The number of esters is 1. The summed E-state index contributed by atoms with van der Waals surface area (Å²) in [6.45, 7) is 7.37. The molecule has 0 radical (unpaired) electrons. The highest BCUT2D eigenvalue weighted by atomic mass is 16.5. The molecule has 1 N–H and O–H groups in total. The van der Waals surface area contributed by atoms with E-state index in [9.17, 15) is 9.59 Å². The minimum absolute atomic E-state index is 0.0385. The Balaban J connectivity index is 0. The van der Waals surface area contributed by atoms with Crippen molar-refractivity contribution >= 4 is 11.9 Å². The first-order valence-electron chi connectivity index (χ1n) is 4.07. The lowest BCUT2D eigenvalue weighted by atomic mass is 10.6.